The van der Waals surface area contributed by atoms with Crippen molar-refractivity contribution in [1.29, 1.82) is 0 Å². The lowest BCUT2D eigenvalue weighted by Crippen LogP contribution is -2.52. The highest BCUT2D eigenvalue weighted by atomic mass is 35.5. The van der Waals surface area contributed by atoms with Crippen molar-refractivity contribution in [2.75, 3.05) is 69.9 Å². The monoisotopic (exact) mass is 999 g/mol. The van der Waals surface area contributed by atoms with Crippen LogP contribution >= 0.6 is 24.0 Å². The van der Waals surface area contributed by atoms with E-state index in [1.165, 1.54) is 23.1 Å². The molecular weight excluding hydrogens is 951 g/mol. The number of amides is 5. The Hall–Kier alpha value is -6.74. The standard InChI is InChI=1S/C49H48ClF2N9O8.ClH/c50-31-9-12-33-35(25-31)45(43-37(51)4-2-5-38(43)52)55-26-30-27-56-49(60-44(30)33)57-32-10-7-29(8-11-32)46(64)54-18-20-68-22-24-69-23-21-67-19-17-53-16-15-42(63)58-39-6-1-3-34-36(39)28-61(48(34)66)40-13-14-41(62)59-47(40)65;/h1-12,25,27,40,53H,13-24,26,28H2,(H,54,64)(H,58,63)(H,56,57,60)(H,59,62,65);1H. The number of hydrogen-bond acceptors (Lipinski definition) is 13. The second kappa shape index (κ2) is 24.2. The Labute approximate surface area is 412 Å². The molecule has 17 nitrogen and oxygen atoms in total. The maximum atomic E-state index is 14.9. The third-order valence-electron chi connectivity index (χ3n) is 11.5. The van der Waals surface area contributed by atoms with Gasteiger partial charge in [-0.05, 0) is 67.1 Å². The zero-order valence-corrected chi connectivity index (χ0v) is 39.2. The molecule has 21 heteroatoms. The molecule has 366 valence electrons. The third-order valence-corrected chi connectivity index (χ3v) is 11.7. The molecule has 0 spiro atoms. The summed E-state index contributed by atoms with van der Waals surface area (Å²) < 4.78 is 46.5. The highest BCUT2D eigenvalue weighted by molar-refractivity contribution is 6.31. The van der Waals surface area contributed by atoms with Crippen molar-refractivity contribution in [3.63, 3.8) is 0 Å². The number of piperidine rings is 1. The predicted molar refractivity (Wildman–Crippen MR) is 259 cm³/mol. The van der Waals surface area contributed by atoms with Gasteiger partial charge in [-0.1, -0.05) is 29.8 Å². The summed E-state index contributed by atoms with van der Waals surface area (Å²) >= 11 is 6.34. The molecule has 1 fully saturated rings. The first-order chi connectivity index (χ1) is 33.5. The molecule has 4 heterocycles. The molecule has 4 aromatic carbocycles. The van der Waals surface area contributed by atoms with Gasteiger partial charge in [0, 0.05) is 95.0 Å². The smallest absolute Gasteiger partial charge is 0.255 e. The summed E-state index contributed by atoms with van der Waals surface area (Å²) in [5.74, 6) is -2.86. The molecule has 0 saturated carbocycles. The number of carbonyl (C=O) groups is 5. The van der Waals surface area contributed by atoms with Gasteiger partial charge in [-0.3, -0.25) is 34.3 Å². The molecule has 5 aromatic rings. The van der Waals surface area contributed by atoms with Crippen LogP contribution in [0.25, 0.3) is 11.3 Å². The normalized spacial score (nSPS) is 14.9. The summed E-state index contributed by atoms with van der Waals surface area (Å²) in [5, 5.41) is 14.7. The molecule has 70 heavy (non-hydrogen) atoms. The number of fused-ring (bicyclic) bond motifs is 4. The summed E-state index contributed by atoms with van der Waals surface area (Å²) in [6.07, 6.45) is 2.23. The topological polar surface area (TPSA) is 215 Å². The van der Waals surface area contributed by atoms with Gasteiger partial charge < -0.3 is 40.4 Å². The van der Waals surface area contributed by atoms with Crippen LogP contribution in [-0.4, -0.2) is 115 Å². The number of aromatic nitrogens is 2. The van der Waals surface area contributed by atoms with Gasteiger partial charge in [-0.2, -0.15) is 0 Å². The molecule has 5 N–H and O–H groups in total. The van der Waals surface area contributed by atoms with Gasteiger partial charge in [0.05, 0.1) is 63.2 Å². The molecule has 5 amide bonds. The van der Waals surface area contributed by atoms with Crippen molar-refractivity contribution < 1.29 is 47.0 Å². The second-order valence-electron chi connectivity index (χ2n) is 16.1. The number of ether oxygens (including phenoxy) is 3. The van der Waals surface area contributed by atoms with Gasteiger partial charge in [0.25, 0.3) is 11.8 Å². The zero-order chi connectivity index (χ0) is 48.3. The highest BCUT2D eigenvalue weighted by Gasteiger charge is 2.40. The van der Waals surface area contributed by atoms with Crippen LogP contribution < -0.4 is 26.6 Å². The van der Waals surface area contributed by atoms with Crippen molar-refractivity contribution in [2.24, 2.45) is 4.99 Å². The number of carbonyl (C=O) groups excluding carboxylic acids is 5. The average Bonchev–Trinajstić information content (AvgIpc) is 3.59. The largest absolute Gasteiger partial charge is 0.378 e. The van der Waals surface area contributed by atoms with E-state index in [0.717, 1.165) is 0 Å². The first-order valence-electron chi connectivity index (χ1n) is 22.3. The van der Waals surface area contributed by atoms with Gasteiger partial charge in [0.2, 0.25) is 23.7 Å². The third kappa shape index (κ3) is 12.5. The van der Waals surface area contributed by atoms with Crippen molar-refractivity contribution in [3.05, 3.63) is 135 Å². The van der Waals surface area contributed by atoms with Crippen LogP contribution in [0.5, 0.6) is 0 Å². The van der Waals surface area contributed by atoms with E-state index >= 15 is 0 Å². The maximum absolute atomic E-state index is 14.9. The quantitative estimate of drug-likeness (QED) is 0.0439. The molecule has 0 bridgehead atoms. The van der Waals surface area contributed by atoms with Gasteiger partial charge in [-0.25, -0.2) is 18.7 Å². The first-order valence-corrected chi connectivity index (χ1v) is 22.7. The molecule has 1 atom stereocenters. The number of aliphatic imine (C=N–C) groups is 1. The molecule has 1 saturated heterocycles. The molecular formula is C49H49Cl2F2N9O8. The number of rotatable bonds is 21. The van der Waals surface area contributed by atoms with Crippen molar-refractivity contribution in [3.8, 4) is 11.3 Å². The summed E-state index contributed by atoms with van der Waals surface area (Å²) in [5.41, 5.74) is 4.76. The lowest BCUT2D eigenvalue weighted by molar-refractivity contribution is -0.137. The van der Waals surface area contributed by atoms with Crippen LogP contribution in [-0.2, 0) is 41.7 Å². The zero-order valence-electron chi connectivity index (χ0n) is 37.7. The average molecular weight is 1000 g/mol. The summed E-state index contributed by atoms with van der Waals surface area (Å²) in [6.45, 7) is 3.63. The molecule has 8 rings (SSSR count). The lowest BCUT2D eigenvalue weighted by Gasteiger charge is -2.29. The Morgan fingerprint density at radius 2 is 1.54 bits per heavy atom. The second-order valence-corrected chi connectivity index (χ2v) is 16.5. The van der Waals surface area contributed by atoms with E-state index in [1.807, 2.05) is 0 Å². The summed E-state index contributed by atoms with van der Waals surface area (Å²) in [7, 11) is 0. The molecule has 3 aliphatic rings. The van der Waals surface area contributed by atoms with Crippen molar-refractivity contribution in [1.82, 2.24) is 30.8 Å². The molecule has 0 radical (unpaired) electrons. The molecule has 1 aromatic heterocycles. The minimum Gasteiger partial charge on any atom is -0.378 e. The Morgan fingerprint density at radius 1 is 0.829 bits per heavy atom. The predicted octanol–water partition coefficient (Wildman–Crippen LogP) is 5.75. The van der Waals surface area contributed by atoms with Crippen LogP contribution in [0.4, 0.5) is 26.1 Å². The van der Waals surface area contributed by atoms with Crippen LogP contribution in [0.15, 0.2) is 90.1 Å². The Bertz CT molecular complexity index is 2760. The summed E-state index contributed by atoms with van der Waals surface area (Å²) in [6, 6.07) is 19.8. The number of hydrogen-bond donors (Lipinski definition) is 5. The number of nitrogens with one attached hydrogen (secondary N) is 5. The van der Waals surface area contributed by atoms with E-state index in [-0.39, 0.29) is 92.2 Å². The van der Waals surface area contributed by atoms with E-state index in [2.05, 4.69) is 36.6 Å². The molecule has 3 aliphatic heterocycles. The lowest BCUT2D eigenvalue weighted by atomic mass is 9.95. The van der Waals surface area contributed by atoms with E-state index in [9.17, 15) is 32.8 Å². The van der Waals surface area contributed by atoms with E-state index in [1.54, 1.807) is 66.9 Å². The van der Waals surface area contributed by atoms with Gasteiger partial charge in [-0.15, -0.1) is 12.4 Å². The van der Waals surface area contributed by atoms with E-state index in [0.29, 0.717) is 108 Å². The SMILES string of the molecule is Cl.O=C1CCC(N2Cc3c(NC(=O)CCNCCOCCOCCOCCNC(=O)c4ccc(Nc5ncc6c(n5)-c5ccc(Cl)cc5C(c5c(F)cccc5F)=NC6)cc4)cccc3C2=O)C(=O)N1. The minimum atomic E-state index is -0.741. The molecule has 0 aliphatic carbocycles. The molecule has 1 unspecified atom stereocenters. The summed E-state index contributed by atoms with van der Waals surface area (Å²) in [4.78, 5) is 77.6. The van der Waals surface area contributed by atoms with Gasteiger partial charge >= 0.3 is 0 Å². The maximum Gasteiger partial charge on any atom is 0.255 e. The van der Waals surface area contributed by atoms with Crippen LogP contribution in [0.2, 0.25) is 5.02 Å². The van der Waals surface area contributed by atoms with Crippen LogP contribution in [0.1, 0.15) is 62.2 Å². The van der Waals surface area contributed by atoms with Crippen molar-refractivity contribution >= 4 is 76.6 Å². The number of nitrogens with zero attached hydrogens (tertiary/aromatic N) is 4. The fraction of sp³-hybridized carbons (Fsp3) is 0.306. The Kier molecular flexibility index (Phi) is 17.7. The first kappa shape index (κ1) is 51.1. The minimum absolute atomic E-state index is 0. The number of imide groups is 1. The van der Waals surface area contributed by atoms with E-state index in [4.69, 9.17) is 30.8 Å². The number of benzene rings is 4. The van der Waals surface area contributed by atoms with Crippen LogP contribution in [0, 0.1) is 11.6 Å². The fourth-order valence-electron chi connectivity index (χ4n) is 8.02. The van der Waals surface area contributed by atoms with Crippen LogP contribution in [0.3, 0.4) is 0 Å². The van der Waals surface area contributed by atoms with Crippen molar-refractivity contribution in [2.45, 2.75) is 38.4 Å². The number of anilines is 3. The number of halogens is 4. The Balaban J connectivity index is 0.00000722. The van der Waals surface area contributed by atoms with E-state index < -0.39 is 23.6 Å². The van der Waals surface area contributed by atoms with Gasteiger partial charge in [0.1, 0.15) is 17.7 Å². The highest BCUT2D eigenvalue weighted by Crippen LogP contribution is 2.35. The van der Waals surface area contributed by atoms with Gasteiger partial charge in [0.15, 0.2) is 0 Å². The Morgan fingerprint density at radius 3 is 2.29 bits per heavy atom. The fourth-order valence-corrected chi connectivity index (χ4v) is 8.20.